The van der Waals surface area contributed by atoms with Crippen molar-refractivity contribution in [2.45, 2.75) is 31.2 Å². The number of rotatable bonds is 8. The first-order valence-corrected chi connectivity index (χ1v) is 14.1. The minimum Gasteiger partial charge on any atom is -0.374 e. The topological polar surface area (TPSA) is 62.1 Å². The summed E-state index contributed by atoms with van der Waals surface area (Å²) < 4.78 is 2.03. The Bertz CT molecular complexity index is 1560. The van der Waals surface area contributed by atoms with Gasteiger partial charge in [-0.05, 0) is 75.3 Å². The van der Waals surface area contributed by atoms with E-state index in [-0.39, 0.29) is 11.5 Å². The number of nitrogens with one attached hydrogen (secondary N) is 1. The largest absolute Gasteiger partial charge is 0.374 e. The van der Waals surface area contributed by atoms with Gasteiger partial charge in [0.05, 0.1) is 17.1 Å². The van der Waals surface area contributed by atoms with Crippen LogP contribution in [0.2, 0.25) is 0 Å². The zero-order chi connectivity index (χ0) is 27.5. The van der Waals surface area contributed by atoms with Gasteiger partial charge in [-0.1, -0.05) is 60.7 Å². The lowest BCUT2D eigenvalue weighted by molar-refractivity contribution is 0.190. The van der Waals surface area contributed by atoms with Gasteiger partial charge < -0.3 is 15.1 Å². The maximum Gasteiger partial charge on any atom is 0.225 e. The number of fused-ring (bicyclic) bond motifs is 1. The molecule has 0 unspecified atom stereocenters. The summed E-state index contributed by atoms with van der Waals surface area (Å²) in [4.78, 5) is 18.9. The molecule has 0 saturated carbocycles. The Hall–Kier alpha value is -4.23. The van der Waals surface area contributed by atoms with Crippen LogP contribution in [0.3, 0.4) is 0 Å². The highest BCUT2D eigenvalue weighted by Crippen LogP contribution is 2.37. The summed E-state index contributed by atoms with van der Waals surface area (Å²) in [6.45, 7) is 5.32. The Morgan fingerprint density at radius 1 is 0.925 bits per heavy atom. The van der Waals surface area contributed by atoms with Crippen molar-refractivity contribution < 1.29 is 0 Å². The Morgan fingerprint density at radius 2 is 1.65 bits per heavy atom. The fourth-order valence-electron chi connectivity index (χ4n) is 5.91. The van der Waals surface area contributed by atoms with E-state index in [9.17, 15) is 0 Å². The highest BCUT2D eigenvalue weighted by Gasteiger charge is 2.36. The van der Waals surface area contributed by atoms with Crippen molar-refractivity contribution in [3.63, 3.8) is 0 Å². The van der Waals surface area contributed by atoms with E-state index < -0.39 is 0 Å². The van der Waals surface area contributed by atoms with Crippen LogP contribution in [0, 0.1) is 0 Å². The third kappa shape index (κ3) is 5.29. The lowest BCUT2D eigenvalue weighted by atomic mass is 9.72. The van der Waals surface area contributed by atoms with Crippen LogP contribution in [0.4, 0.5) is 11.6 Å². The van der Waals surface area contributed by atoms with Gasteiger partial charge in [-0.2, -0.15) is 4.98 Å². The number of hydrogen-bond donors (Lipinski definition) is 1. The van der Waals surface area contributed by atoms with Gasteiger partial charge in [-0.3, -0.25) is 4.57 Å². The minimum absolute atomic E-state index is 0.0952. The molecule has 7 heteroatoms. The van der Waals surface area contributed by atoms with Crippen LogP contribution in [-0.2, 0) is 5.41 Å². The molecule has 1 N–H and O–H groups in total. The Labute approximate surface area is 236 Å². The fraction of sp³-hybridized carbons (Fsp3) is 0.303. The number of likely N-dealkylation sites (tertiary alicyclic amines) is 1. The van der Waals surface area contributed by atoms with Gasteiger partial charge in [0.2, 0.25) is 5.95 Å². The third-order valence-electron chi connectivity index (χ3n) is 8.37. The average molecular weight is 532 g/mol. The van der Waals surface area contributed by atoms with Gasteiger partial charge in [-0.25, -0.2) is 9.97 Å². The van der Waals surface area contributed by atoms with Crippen molar-refractivity contribution in [1.82, 2.24) is 24.4 Å². The first-order chi connectivity index (χ1) is 19.5. The number of anilines is 2. The first kappa shape index (κ1) is 26.0. The van der Waals surface area contributed by atoms with Crippen molar-refractivity contribution in [3.05, 3.63) is 109 Å². The summed E-state index contributed by atoms with van der Waals surface area (Å²) in [5, 5.41) is 3.43. The van der Waals surface area contributed by atoms with Crippen LogP contribution in [-0.4, -0.2) is 58.1 Å². The molecular formula is C33H37N7. The SMILES string of the molecule is C[C@H](Nc1nccc(-n2cnc3cc(N(C)CC4(c5ccccc5)CCN(C)CC4)ccc32)n1)c1ccccc1. The predicted molar refractivity (Wildman–Crippen MR) is 163 cm³/mol. The molecule has 1 atom stereocenters. The van der Waals surface area contributed by atoms with Gasteiger partial charge in [-0.15, -0.1) is 0 Å². The second-order valence-electron chi connectivity index (χ2n) is 11.1. The van der Waals surface area contributed by atoms with Crippen LogP contribution >= 0.6 is 0 Å². The van der Waals surface area contributed by atoms with E-state index in [0.717, 1.165) is 49.3 Å². The molecule has 0 amide bonds. The monoisotopic (exact) mass is 531 g/mol. The Balaban J connectivity index is 1.23. The number of piperidine rings is 1. The van der Waals surface area contributed by atoms with E-state index in [1.807, 2.05) is 35.2 Å². The maximum atomic E-state index is 4.80. The number of imidazole rings is 1. The molecule has 3 aromatic carbocycles. The van der Waals surface area contributed by atoms with Crippen LogP contribution in [0.25, 0.3) is 16.9 Å². The molecule has 7 nitrogen and oxygen atoms in total. The number of nitrogens with zero attached hydrogens (tertiary/aromatic N) is 6. The highest BCUT2D eigenvalue weighted by atomic mass is 15.2. The zero-order valence-corrected chi connectivity index (χ0v) is 23.5. The van der Waals surface area contributed by atoms with E-state index in [4.69, 9.17) is 9.97 Å². The maximum absolute atomic E-state index is 4.80. The molecule has 40 heavy (non-hydrogen) atoms. The van der Waals surface area contributed by atoms with Gasteiger partial charge in [0.25, 0.3) is 0 Å². The summed E-state index contributed by atoms with van der Waals surface area (Å²) in [6.07, 6.45) is 5.95. The molecule has 5 aromatic rings. The van der Waals surface area contributed by atoms with E-state index in [1.165, 1.54) is 16.8 Å². The molecule has 0 radical (unpaired) electrons. The molecule has 1 saturated heterocycles. The summed E-state index contributed by atoms with van der Waals surface area (Å²) in [5.41, 5.74) is 5.92. The predicted octanol–water partition coefficient (Wildman–Crippen LogP) is 6.09. The van der Waals surface area contributed by atoms with Crippen molar-refractivity contribution in [2.24, 2.45) is 0 Å². The molecule has 0 aliphatic carbocycles. The number of likely N-dealkylation sites (N-methyl/N-ethyl adjacent to an activating group) is 1. The zero-order valence-electron chi connectivity index (χ0n) is 23.5. The molecule has 204 valence electrons. The minimum atomic E-state index is 0.0952. The molecular weight excluding hydrogens is 494 g/mol. The molecule has 1 aliphatic rings. The number of hydrogen-bond acceptors (Lipinski definition) is 6. The van der Waals surface area contributed by atoms with Gasteiger partial charge in [0, 0.05) is 30.9 Å². The molecule has 0 spiro atoms. The van der Waals surface area contributed by atoms with Crippen molar-refractivity contribution >= 4 is 22.7 Å². The summed E-state index contributed by atoms with van der Waals surface area (Å²) in [5.74, 6) is 1.38. The van der Waals surface area contributed by atoms with Crippen LogP contribution in [0.5, 0.6) is 0 Å². The second kappa shape index (κ2) is 11.1. The molecule has 1 aliphatic heterocycles. The second-order valence-corrected chi connectivity index (χ2v) is 11.1. The van der Waals surface area contributed by atoms with Gasteiger partial charge in [0.15, 0.2) is 0 Å². The van der Waals surface area contributed by atoms with Crippen molar-refractivity contribution in [1.29, 1.82) is 0 Å². The molecule has 3 heterocycles. The van der Waals surface area contributed by atoms with Gasteiger partial charge in [0.1, 0.15) is 12.1 Å². The molecule has 2 aromatic heterocycles. The summed E-state index contributed by atoms with van der Waals surface area (Å²) in [6, 6.07) is 29.9. The first-order valence-electron chi connectivity index (χ1n) is 14.1. The van der Waals surface area contributed by atoms with E-state index in [2.05, 4.69) is 102 Å². The van der Waals surface area contributed by atoms with E-state index >= 15 is 0 Å². The van der Waals surface area contributed by atoms with Crippen molar-refractivity contribution in [3.8, 4) is 5.82 Å². The average Bonchev–Trinajstić information content (AvgIpc) is 3.43. The lowest BCUT2D eigenvalue weighted by Crippen LogP contribution is -2.47. The van der Waals surface area contributed by atoms with Crippen molar-refractivity contribution in [2.75, 3.05) is 43.9 Å². The molecule has 1 fully saturated rings. The van der Waals surface area contributed by atoms with E-state index in [1.54, 1.807) is 6.20 Å². The molecule has 6 rings (SSSR count). The lowest BCUT2D eigenvalue weighted by Gasteiger charge is -2.44. The summed E-state index contributed by atoms with van der Waals surface area (Å²) >= 11 is 0. The van der Waals surface area contributed by atoms with E-state index in [0.29, 0.717) is 5.95 Å². The van der Waals surface area contributed by atoms with Crippen LogP contribution in [0.15, 0.2) is 97.5 Å². The van der Waals surface area contributed by atoms with Crippen LogP contribution < -0.4 is 10.2 Å². The van der Waals surface area contributed by atoms with Gasteiger partial charge >= 0.3 is 0 Å². The number of benzene rings is 3. The molecule has 0 bridgehead atoms. The van der Waals surface area contributed by atoms with Crippen LogP contribution in [0.1, 0.15) is 36.9 Å². The Kier molecular flexibility index (Phi) is 7.22. The highest BCUT2D eigenvalue weighted by molar-refractivity contribution is 5.81. The number of aromatic nitrogens is 4. The quantitative estimate of drug-likeness (QED) is 0.262. The fourth-order valence-corrected chi connectivity index (χ4v) is 5.91. The Morgan fingerprint density at radius 3 is 2.40 bits per heavy atom. The standard InChI is InChI=1S/C33H37N7/c1-25(26-10-6-4-7-11-26)36-32-34-19-16-31(37-32)40-24-35-29-22-28(14-15-30(29)40)39(3)23-33(17-20-38(2)21-18-33)27-12-8-5-9-13-27/h4-16,19,22,24-25H,17-18,20-21,23H2,1-3H3,(H,34,36,37)/t25-/m0/s1. The smallest absolute Gasteiger partial charge is 0.225 e. The third-order valence-corrected chi connectivity index (χ3v) is 8.37. The normalized spacial score (nSPS) is 16.1. The summed E-state index contributed by atoms with van der Waals surface area (Å²) in [7, 11) is 4.43.